The number of non-ortho nitro benzene ring substituents is 1. The van der Waals surface area contributed by atoms with Gasteiger partial charge in [0.25, 0.3) is 11.6 Å². The number of rotatable bonds is 4. The monoisotopic (exact) mass is 446 g/mol. The van der Waals surface area contributed by atoms with Gasteiger partial charge in [0.05, 0.1) is 10.5 Å². The summed E-state index contributed by atoms with van der Waals surface area (Å²) in [6.07, 6.45) is 7.09. The number of nitrogens with two attached hydrogens (primary N) is 1. The molecule has 0 aliphatic heterocycles. The van der Waals surface area contributed by atoms with Crippen LogP contribution < -0.4 is 5.73 Å². The van der Waals surface area contributed by atoms with Gasteiger partial charge in [0.2, 0.25) is 0 Å². The number of thiazole rings is 1. The number of nitro groups is 1. The van der Waals surface area contributed by atoms with E-state index in [2.05, 4.69) is 9.98 Å². The maximum Gasteiger partial charge on any atom is 0.280 e. The van der Waals surface area contributed by atoms with Crippen LogP contribution in [0.1, 0.15) is 39.5 Å². The largest absolute Gasteiger partial charge is 0.382 e. The predicted molar refractivity (Wildman–Crippen MR) is 121 cm³/mol. The van der Waals surface area contributed by atoms with Crippen LogP contribution in [0.25, 0.3) is 16.2 Å². The van der Waals surface area contributed by atoms with Crippen molar-refractivity contribution in [1.82, 2.24) is 14.4 Å². The number of amides is 1. The molecular weight excluding hydrogens is 428 g/mol. The minimum absolute atomic E-state index is 0.0119. The summed E-state index contributed by atoms with van der Waals surface area (Å²) in [6, 6.07) is 9.41. The van der Waals surface area contributed by atoms with Crippen LogP contribution in [0, 0.1) is 10.1 Å². The molecule has 0 atom stereocenters. The van der Waals surface area contributed by atoms with Gasteiger partial charge >= 0.3 is 0 Å². The lowest BCUT2D eigenvalue weighted by molar-refractivity contribution is -0.384. The van der Waals surface area contributed by atoms with E-state index in [1.165, 1.54) is 23.2 Å². The molecule has 0 bridgehead atoms. The average Bonchev–Trinajstić information content (AvgIpc) is 3.36. The number of pyridine rings is 1. The SMILES string of the molecule is NC(=NC(=O)c1cccnc1)c1c(-c2ccc([N+](=O)[O-])cc2)nc2sc3c(n12)CCCC3. The molecule has 1 amide bonds. The molecule has 1 aliphatic rings. The fraction of sp³-hybridized carbons (Fsp3) is 0.182. The van der Waals surface area contributed by atoms with Crippen molar-refractivity contribution in [2.24, 2.45) is 10.7 Å². The highest BCUT2D eigenvalue weighted by atomic mass is 32.1. The van der Waals surface area contributed by atoms with Crippen LogP contribution in [0.2, 0.25) is 0 Å². The van der Waals surface area contributed by atoms with E-state index in [0.717, 1.165) is 36.3 Å². The Morgan fingerprint density at radius 1 is 1.19 bits per heavy atom. The summed E-state index contributed by atoms with van der Waals surface area (Å²) in [5.74, 6) is -0.449. The van der Waals surface area contributed by atoms with Crippen molar-refractivity contribution < 1.29 is 9.72 Å². The van der Waals surface area contributed by atoms with Crippen LogP contribution in [0.15, 0.2) is 53.8 Å². The van der Waals surface area contributed by atoms with Crippen LogP contribution in [-0.4, -0.2) is 31.0 Å². The molecule has 2 N–H and O–H groups in total. The Labute approximate surface area is 186 Å². The molecule has 0 saturated carbocycles. The van der Waals surface area contributed by atoms with Crippen molar-refractivity contribution in [3.8, 4) is 11.3 Å². The number of aromatic nitrogens is 3. The molecule has 5 rings (SSSR count). The summed E-state index contributed by atoms with van der Waals surface area (Å²) < 4.78 is 1.99. The molecule has 0 unspecified atom stereocenters. The van der Waals surface area contributed by atoms with Gasteiger partial charge in [-0.15, -0.1) is 11.3 Å². The third kappa shape index (κ3) is 3.44. The first kappa shape index (κ1) is 20.0. The Morgan fingerprint density at radius 3 is 2.69 bits per heavy atom. The first-order chi connectivity index (χ1) is 15.5. The minimum atomic E-state index is -0.496. The van der Waals surface area contributed by atoms with E-state index in [9.17, 15) is 14.9 Å². The number of nitrogens with zero attached hydrogens (tertiary/aromatic N) is 5. The zero-order chi connectivity index (χ0) is 22.2. The first-order valence-electron chi connectivity index (χ1n) is 10.1. The van der Waals surface area contributed by atoms with Gasteiger partial charge in [0.1, 0.15) is 11.4 Å². The Hall–Kier alpha value is -3.92. The second-order valence-electron chi connectivity index (χ2n) is 7.45. The number of imidazole rings is 1. The smallest absolute Gasteiger partial charge is 0.280 e. The molecule has 0 spiro atoms. The number of carbonyl (C=O) groups is 1. The molecule has 0 fully saturated rings. The van der Waals surface area contributed by atoms with Gasteiger partial charge in [0.15, 0.2) is 10.8 Å². The van der Waals surface area contributed by atoms with E-state index in [1.54, 1.807) is 41.8 Å². The molecule has 3 aromatic heterocycles. The van der Waals surface area contributed by atoms with E-state index >= 15 is 0 Å². The van der Waals surface area contributed by atoms with E-state index in [0.29, 0.717) is 22.5 Å². The molecular formula is C22H18N6O3S. The standard InChI is InChI=1S/C22H18N6O3S/c23-20(26-21(29)14-4-3-11-24-12-14)19-18(13-7-9-15(10-8-13)28(30)31)25-22-27(19)16-5-1-2-6-17(16)32-22/h3-4,7-12H,1-2,5-6H2,(H2,23,26,29). The van der Waals surface area contributed by atoms with Crippen LogP contribution >= 0.6 is 11.3 Å². The molecule has 1 aromatic carbocycles. The summed E-state index contributed by atoms with van der Waals surface area (Å²) in [7, 11) is 0. The Bertz CT molecular complexity index is 1370. The number of aryl methyl sites for hydroxylation is 2. The van der Waals surface area contributed by atoms with Gasteiger partial charge in [-0.3, -0.25) is 24.3 Å². The second-order valence-corrected chi connectivity index (χ2v) is 8.52. The third-order valence-corrected chi connectivity index (χ3v) is 6.59. The Kier molecular flexibility index (Phi) is 4.98. The van der Waals surface area contributed by atoms with Crippen molar-refractivity contribution in [3.05, 3.63) is 80.7 Å². The number of benzene rings is 1. The average molecular weight is 446 g/mol. The topological polar surface area (TPSA) is 129 Å². The van der Waals surface area contributed by atoms with E-state index in [4.69, 9.17) is 10.7 Å². The lowest BCUT2D eigenvalue weighted by atomic mass is 10.0. The van der Waals surface area contributed by atoms with Crippen molar-refractivity contribution in [1.29, 1.82) is 0 Å². The van der Waals surface area contributed by atoms with Gasteiger partial charge in [-0.1, -0.05) is 0 Å². The highest BCUT2D eigenvalue weighted by Crippen LogP contribution is 2.35. The molecule has 0 radical (unpaired) electrons. The van der Waals surface area contributed by atoms with Crippen molar-refractivity contribution in [3.63, 3.8) is 0 Å². The van der Waals surface area contributed by atoms with E-state index < -0.39 is 10.8 Å². The molecule has 1 aliphatic carbocycles. The minimum Gasteiger partial charge on any atom is -0.382 e. The quantitative estimate of drug-likeness (QED) is 0.220. The van der Waals surface area contributed by atoms with E-state index in [-0.39, 0.29) is 11.5 Å². The first-order valence-corrected chi connectivity index (χ1v) is 10.9. The number of hydrogen-bond donors (Lipinski definition) is 1. The Balaban J connectivity index is 1.68. The lowest BCUT2D eigenvalue weighted by Gasteiger charge is -2.12. The number of fused-ring (bicyclic) bond motifs is 3. The molecule has 3 heterocycles. The van der Waals surface area contributed by atoms with Crippen molar-refractivity contribution in [2.45, 2.75) is 25.7 Å². The van der Waals surface area contributed by atoms with Crippen LogP contribution in [-0.2, 0) is 12.8 Å². The maximum absolute atomic E-state index is 12.7. The number of amidine groups is 1. The van der Waals surface area contributed by atoms with Gasteiger partial charge < -0.3 is 5.73 Å². The van der Waals surface area contributed by atoms with E-state index in [1.807, 2.05) is 4.40 Å². The Morgan fingerprint density at radius 2 is 1.97 bits per heavy atom. The lowest BCUT2D eigenvalue weighted by Crippen LogP contribution is -2.20. The fourth-order valence-corrected chi connectivity index (χ4v) is 5.14. The molecule has 4 aromatic rings. The molecule has 32 heavy (non-hydrogen) atoms. The van der Waals surface area contributed by atoms with Gasteiger partial charge in [-0.2, -0.15) is 4.99 Å². The van der Waals surface area contributed by atoms with Crippen LogP contribution in [0.4, 0.5) is 5.69 Å². The summed E-state index contributed by atoms with van der Waals surface area (Å²) in [5, 5.41) is 11.0. The van der Waals surface area contributed by atoms with Gasteiger partial charge in [-0.25, -0.2) is 4.98 Å². The molecule has 9 nitrogen and oxygen atoms in total. The number of aliphatic imine (C=N–C) groups is 1. The highest BCUT2D eigenvalue weighted by molar-refractivity contribution is 7.17. The summed E-state index contributed by atoms with van der Waals surface area (Å²) in [5.41, 5.74) is 9.60. The zero-order valence-electron chi connectivity index (χ0n) is 16.9. The normalized spacial score (nSPS) is 13.8. The van der Waals surface area contributed by atoms with Gasteiger partial charge in [-0.05, 0) is 49.9 Å². The van der Waals surface area contributed by atoms with Crippen LogP contribution in [0.3, 0.4) is 0 Å². The molecule has 160 valence electrons. The van der Waals surface area contributed by atoms with Crippen LogP contribution in [0.5, 0.6) is 0 Å². The third-order valence-electron chi connectivity index (χ3n) is 5.45. The summed E-state index contributed by atoms with van der Waals surface area (Å²) in [4.78, 5) is 38.2. The predicted octanol–water partition coefficient (Wildman–Crippen LogP) is 3.79. The van der Waals surface area contributed by atoms with Crippen molar-refractivity contribution in [2.75, 3.05) is 0 Å². The maximum atomic E-state index is 12.7. The fourth-order valence-electron chi connectivity index (χ4n) is 3.93. The zero-order valence-corrected chi connectivity index (χ0v) is 17.7. The molecule has 10 heteroatoms. The number of carbonyl (C=O) groups excluding carboxylic acids is 1. The summed E-state index contributed by atoms with van der Waals surface area (Å²) in [6.45, 7) is 0. The number of nitro benzene ring substituents is 1. The second kappa shape index (κ2) is 7.97. The van der Waals surface area contributed by atoms with Crippen molar-refractivity contribution >= 4 is 33.7 Å². The molecule has 0 saturated heterocycles. The van der Waals surface area contributed by atoms with Gasteiger partial charge in [0, 0.05) is 40.7 Å². The highest BCUT2D eigenvalue weighted by Gasteiger charge is 2.26. The summed E-state index contributed by atoms with van der Waals surface area (Å²) >= 11 is 1.61. The number of hydrogen-bond acceptors (Lipinski definition) is 6.